The molecule has 2 heterocycles. The van der Waals surface area contributed by atoms with Gasteiger partial charge in [-0.15, -0.1) is 5.10 Å². The summed E-state index contributed by atoms with van der Waals surface area (Å²) in [6.45, 7) is 2.18. The molecule has 1 aromatic rings. The Hall–Kier alpha value is -1.16. The van der Waals surface area contributed by atoms with E-state index in [1.165, 1.54) is 25.7 Å². The van der Waals surface area contributed by atoms with E-state index >= 15 is 0 Å². The van der Waals surface area contributed by atoms with Crippen LogP contribution in [-0.2, 0) is 0 Å². The molecule has 0 radical (unpaired) electrons. The largest absolute Gasteiger partial charge is 0.365 e. The minimum Gasteiger partial charge on any atom is -0.365 e. The van der Waals surface area contributed by atoms with E-state index in [2.05, 4.69) is 33.0 Å². The minimum absolute atomic E-state index is 0.509. The molecule has 86 valence electrons. The lowest BCUT2D eigenvalue weighted by Gasteiger charge is -2.23. The van der Waals surface area contributed by atoms with Crippen LogP contribution in [-0.4, -0.2) is 29.3 Å². The van der Waals surface area contributed by atoms with E-state index < -0.39 is 0 Å². The molecule has 1 atom stereocenters. The highest BCUT2D eigenvalue weighted by molar-refractivity contribution is 5.35. The second kappa shape index (κ2) is 4.37. The summed E-state index contributed by atoms with van der Waals surface area (Å²) in [5.74, 6) is 1.61. The van der Waals surface area contributed by atoms with E-state index in [1.54, 1.807) is 0 Å². The van der Waals surface area contributed by atoms with Crippen molar-refractivity contribution in [2.24, 2.45) is 0 Å². The third kappa shape index (κ3) is 2.32. The second-order valence-corrected chi connectivity index (χ2v) is 4.81. The molecule has 1 unspecified atom stereocenters. The SMILES string of the molecule is c1cc(C2CC2)nnc1NC1CCCNC1. The first kappa shape index (κ1) is 10.0. The van der Waals surface area contributed by atoms with Crippen LogP contribution in [0.3, 0.4) is 0 Å². The van der Waals surface area contributed by atoms with Gasteiger partial charge in [-0.1, -0.05) is 0 Å². The number of anilines is 1. The quantitative estimate of drug-likeness (QED) is 0.807. The highest BCUT2D eigenvalue weighted by Gasteiger charge is 2.25. The highest BCUT2D eigenvalue weighted by Crippen LogP contribution is 2.38. The van der Waals surface area contributed by atoms with Gasteiger partial charge in [-0.2, -0.15) is 5.10 Å². The molecular formula is C12H18N4. The summed E-state index contributed by atoms with van der Waals surface area (Å²) < 4.78 is 0. The van der Waals surface area contributed by atoms with Crippen LogP contribution >= 0.6 is 0 Å². The Labute approximate surface area is 95.8 Å². The van der Waals surface area contributed by atoms with Gasteiger partial charge in [0, 0.05) is 18.5 Å². The molecular weight excluding hydrogens is 200 g/mol. The van der Waals surface area contributed by atoms with Crippen molar-refractivity contribution in [2.45, 2.75) is 37.6 Å². The van der Waals surface area contributed by atoms with Crippen LogP contribution < -0.4 is 10.6 Å². The summed E-state index contributed by atoms with van der Waals surface area (Å²) >= 11 is 0. The zero-order valence-corrected chi connectivity index (χ0v) is 9.45. The number of piperidine rings is 1. The van der Waals surface area contributed by atoms with Crippen LogP contribution in [0.5, 0.6) is 0 Å². The van der Waals surface area contributed by atoms with E-state index in [0.717, 1.165) is 24.6 Å². The van der Waals surface area contributed by atoms with Gasteiger partial charge < -0.3 is 10.6 Å². The summed E-state index contributed by atoms with van der Waals surface area (Å²) in [6.07, 6.45) is 5.03. The molecule has 4 nitrogen and oxygen atoms in total. The number of hydrogen-bond acceptors (Lipinski definition) is 4. The van der Waals surface area contributed by atoms with E-state index in [0.29, 0.717) is 12.0 Å². The Kier molecular flexibility index (Phi) is 2.74. The van der Waals surface area contributed by atoms with Gasteiger partial charge in [-0.25, -0.2) is 0 Å². The fourth-order valence-electron chi connectivity index (χ4n) is 2.20. The van der Waals surface area contributed by atoms with Crippen molar-refractivity contribution in [3.63, 3.8) is 0 Å². The third-order valence-corrected chi connectivity index (χ3v) is 3.33. The van der Waals surface area contributed by atoms with Crippen LogP contribution in [0.25, 0.3) is 0 Å². The smallest absolute Gasteiger partial charge is 0.148 e. The second-order valence-electron chi connectivity index (χ2n) is 4.81. The third-order valence-electron chi connectivity index (χ3n) is 3.33. The van der Waals surface area contributed by atoms with E-state index in [1.807, 2.05) is 0 Å². The molecule has 0 amide bonds. The topological polar surface area (TPSA) is 49.8 Å². The van der Waals surface area contributed by atoms with Crippen molar-refractivity contribution < 1.29 is 0 Å². The van der Waals surface area contributed by atoms with Crippen molar-refractivity contribution in [3.05, 3.63) is 17.8 Å². The normalized spacial score (nSPS) is 25.4. The number of rotatable bonds is 3. The Balaban J connectivity index is 1.60. The van der Waals surface area contributed by atoms with E-state index in [-0.39, 0.29) is 0 Å². The zero-order chi connectivity index (χ0) is 10.8. The Morgan fingerprint density at radius 2 is 2.12 bits per heavy atom. The average Bonchev–Trinajstić information content (AvgIpc) is 3.15. The standard InChI is InChI=1S/C12H18N4/c1-2-10(8-13-7-1)14-12-6-5-11(15-16-12)9-3-4-9/h5-6,9-10,13H,1-4,7-8H2,(H,14,16). The van der Waals surface area contributed by atoms with Gasteiger partial charge >= 0.3 is 0 Å². The van der Waals surface area contributed by atoms with Crippen molar-refractivity contribution in [1.29, 1.82) is 0 Å². The first-order valence-corrected chi connectivity index (χ1v) is 6.23. The Morgan fingerprint density at radius 1 is 1.19 bits per heavy atom. The van der Waals surface area contributed by atoms with Gasteiger partial charge in [0.2, 0.25) is 0 Å². The number of aromatic nitrogens is 2. The summed E-state index contributed by atoms with van der Waals surface area (Å²) in [5, 5.41) is 15.3. The number of nitrogens with one attached hydrogen (secondary N) is 2. The lowest BCUT2D eigenvalue weighted by atomic mass is 10.1. The molecule has 2 fully saturated rings. The minimum atomic E-state index is 0.509. The summed E-state index contributed by atoms with van der Waals surface area (Å²) in [7, 11) is 0. The fourth-order valence-corrected chi connectivity index (χ4v) is 2.20. The monoisotopic (exact) mass is 218 g/mol. The lowest BCUT2D eigenvalue weighted by Crippen LogP contribution is -2.38. The number of nitrogens with zero attached hydrogens (tertiary/aromatic N) is 2. The summed E-state index contributed by atoms with van der Waals surface area (Å²) in [6, 6.07) is 4.69. The molecule has 0 aromatic carbocycles. The average molecular weight is 218 g/mol. The van der Waals surface area contributed by atoms with Gasteiger partial charge in [0.1, 0.15) is 5.82 Å². The lowest BCUT2D eigenvalue weighted by molar-refractivity contribution is 0.478. The van der Waals surface area contributed by atoms with Crippen molar-refractivity contribution in [1.82, 2.24) is 15.5 Å². The van der Waals surface area contributed by atoms with Gasteiger partial charge in [-0.05, 0) is 44.4 Å². The summed E-state index contributed by atoms with van der Waals surface area (Å²) in [4.78, 5) is 0. The van der Waals surface area contributed by atoms with Crippen molar-refractivity contribution in [2.75, 3.05) is 18.4 Å². The highest BCUT2D eigenvalue weighted by atomic mass is 15.2. The summed E-state index contributed by atoms with van der Waals surface area (Å²) in [5.41, 5.74) is 1.16. The molecule has 1 saturated carbocycles. The molecule has 4 heteroatoms. The maximum absolute atomic E-state index is 4.27. The maximum Gasteiger partial charge on any atom is 0.148 e. The maximum atomic E-state index is 4.27. The van der Waals surface area contributed by atoms with Crippen LogP contribution in [0.2, 0.25) is 0 Å². The molecule has 1 aromatic heterocycles. The van der Waals surface area contributed by atoms with Gasteiger partial charge in [-0.3, -0.25) is 0 Å². The predicted octanol–water partition coefficient (Wildman–Crippen LogP) is 1.52. The zero-order valence-electron chi connectivity index (χ0n) is 9.45. The molecule has 2 aliphatic rings. The van der Waals surface area contributed by atoms with Crippen LogP contribution in [0.15, 0.2) is 12.1 Å². The Bertz CT molecular complexity index is 339. The molecule has 2 N–H and O–H groups in total. The predicted molar refractivity (Wildman–Crippen MR) is 63.5 cm³/mol. The first-order valence-electron chi connectivity index (χ1n) is 6.23. The Morgan fingerprint density at radius 3 is 2.75 bits per heavy atom. The van der Waals surface area contributed by atoms with Gasteiger partial charge in [0.15, 0.2) is 0 Å². The fraction of sp³-hybridized carbons (Fsp3) is 0.667. The molecule has 1 aliphatic carbocycles. The number of hydrogen-bond donors (Lipinski definition) is 2. The van der Waals surface area contributed by atoms with Crippen LogP contribution in [0.1, 0.15) is 37.3 Å². The van der Waals surface area contributed by atoms with Crippen LogP contribution in [0.4, 0.5) is 5.82 Å². The van der Waals surface area contributed by atoms with Gasteiger partial charge in [0.25, 0.3) is 0 Å². The molecule has 0 bridgehead atoms. The molecule has 0 spiro atoms. The first-order chi connectivity index (χ1) is 7.92. The molecule has 1 aliphatic heterocycles. The van der Waals surface area contributed by atoms with Gasteiger partial charge in [0.05, 0.1) is 5.69 Å². The van der Waals surface area contributed by atoms with E-state index in [9.17, 15) is 0 Å². The van der Waals surface area contributed by atoms with E-state index in [4.69, 9.17) is 0 Å². The molecule has 1 saturated heterocycles. The van der Waals surface area contributed by atoms with Crippen molar-refractivity contribution >= 4 is 5.82 Å². The molecule has 16 heavy (non-hydrogen) atoms. The molecule has 3 rings (SSSR count). The van der Waals surface area contributed by atoms with Crippen LogP contribution in [0, 0.1) is 0 Å². The van der Waals surface area contributed by atoms with Crippen molar-refractivity contribution in [3.8, 4) is 0 Å².